The number of nitrogens with one attached hydrogen (secondary N) is 1. The van der Waals surface area contributed by atoms with Gasteiger partial charge in [0.15, 0.2) is 11.5 Å². The van der Waals surface area contributed by atoms with E-state index < -0.39 is 0 Å². The molecule has 3 N–H and O–H groups in total. The fourth-order valence-corrected chi connectivity index (χ4v) is 2.33. The molecule has 0 spiro atoms. The molecule has 0 amide bonds. The first-order valence-electron chi connectivity index (χ1n) is 7.79. The molecule has 0 aliphatic rings. The predicted molar refractivity (Wildman–Crippen MR) is 93.8 cm³/mol. The Morgan fingerprint density at radius 1 is 1.16 bits per heavy atom. The van der Waals surface area contributed by atoms with Crippen molar-refractivity contribution >= 4 is 5.95 Å². The lowest BCUT2D eigenvalue weighted by Crippen LogP contribution is -2.19. The largest absolute Gasteiger partial charge is 0.493 e. The number of hydrogen-bond acceptors (Lipinski definition) is 7. The van der Waals surface area contributed by atoms with Gasteiger partial charge in [-0.3, -0.25) is 0 Å². The zero-order valence-corrected chi connectivity index (χ0v) is 14.1. The summed E-state index contributed by atoms with van der Waals surface area (Å²) in [7, 11) is 1.62. The van der Waals surface area contributed by atoms with Crippen molar-refractivity contribution in [1.82, 2.24) is 20.3 Å². The van der Waals surface area contributed by atoms with Crippen LogP contribution >= 0.6 is 0 Å². The van der Waals surface area contributed by atoms with Crippen molar-refractivity contribution in [2.24, 2.45) is 0 Å². The van der Waals surface area contributed by atoms with E-state index in [0.29, 0.717) is 24.7 Å². The van der Waals surface area contributed by atoms with E-state index in [2.05, 4.69) is 40.0 Å². The second kappa shape index (κ2) is 7.52. The summed E-state index contributed by atoms with van der Waals surface area (Å²) in [5.41, 5.74) is 11.9. The fraction of sp³-hybridized carbons (Fsp3) is 0.235. The number of anilines is 1. The maximum absolute atomic E-state index is 6.03. The monoisotopic (exact) mass is 340 g/mol. The molecular weight excluding hydrogens is 320 g/mol. The standard InChI is InChI=1S/C17H20N6O2/c1-12-6-8-13(9-7-12)11-25-16-14(4-3-5-15(16)24-2)10-19-23-17(18)20-21-22-23/h3-9,19H,10-11H2,1-2H3,(H2,18,20,22). The third-order valence-electron chi connectivity index (χ3n) is 3.70. The van der Waals surface area contributed by atoms with Crippen LogP contribution in [0.3, 0.4) is 0 Å². The van der Waals surface area contributed by atoms with Crippen LogP contribution < -0.4 is 20.6 Å². The van der Waals surface area contributed by atoms with E-state index in [9.17, 15) is 0 Å². The van der Waals surface area contributed by atoms with Crippen molar-refractivity contribution in [1.29, 1.82) is 0 Å². The molecule has 2 aromatic carbocycles. The van der Waals surface area contributed by atoms with Gasteiger partial charge in [-0.25, -0.2) is 0 Å². The number of nitrogens with two attached hydrogens (primary N) is 1. The summed E-state index contributed by atoms with van der Waals surface area (Å²) in [6.07, 6.45) is 0. The zero-order chi connectivity index (χ0) is 17.6. The van der Waals surface area contributed by atoms with E-state index in [0.717, 1.165) is 11.1 Å². The lowest BCUT2D eigenvalue weighted by molar-refractivity contribution is 0.281. The summed E-state index contributed by atoms with van der Waals surface area (Å²) < 4.78 is 11.5. The van der Waals surface area contributed by atoms with Crippen LogP contribution in [0.15, 0.2) is 42.5 Å². The molecule has 1 aromatic heterocycles. The van der Waals surface area contributed by atoms with E-state index in [1.807, 2.05) is 30.3 Å². The van der Waals surface area contributed by atoms with Crippen molar-refractivity contribution in [2.75, 3.05) is 18.3 Å². The van der Waals surface area contributed by atoms with Gasteiger partial charge in [0, 0.05) is 5.56 Å². The Morgan fingerprint density at radius 3 is 2.64 bits per heavy atom. The number of para-hydroxylation sites is 1. The lowest BCUT2D eigenvalue weighted by Gasteiger charge is -2.16. The summed E-state index contributed by atoms with van der Waals surface area (Å²) in [5.74, 6) is 1.52. The van der Waals surface area contributed by atoms with E-state index in [1.165, 1.54) is 10.4 Å². The zero-order valence-electron chi connectivity index (χ0n) is 14.1. The minimum Gasteiger partial charge on any atom is -0.493 e. The molecule has 25 heavy (non-hydrogen) atoms. The number of benzene rings is 2. The minimum absolute atomic E-state index is 0.185. The maximum atomic E-state index is 6.03. The first kappa shape index (κ1) is 16.6. The quantitative estimate of drug-likeness (QED) is 0.677. The highest BCUT2D eigenvalue weighted by atomic mass is 16.5. The van der Waals surface area contributed by atoms with Gasteiger partial charge in [-0.05, 0) is 29.0 Å². The maximum Gasteiger partial charge on any atom is 0.260 e. The molecule has 0 unspecified atom stereocenters. The molecule has 130 valence electrons. The average Bonchev–Trinajstić information content (AvgIpc) is 3.04. The van der Waals surface area contributed by atoms with Crippen LogP contribution in [0.1, 0.15) is 16.7 Å². The Bertz CT molecular complexity index is 831. The minimum atomic E-state index is 0.185. The normalized spacial score (nSPS) is 10.5. The Labute approximate surface area is 145 Å². The summed E-state index contributed by atoms with van der Waals surface area (Å²) in [6, 6.07) is 13.9. The van der Waals surface area contributed by atoms with Crippen molar-refractivity contribution < 1.29 is 9.47 Å². The van der Waals surface area contributed by atoms with E-state index in [4.69, 9.17) is 15.2 Å². The molecule has 0 saturated heterocycles. The van der Waals surface area contributed by atoms with Crippen molar-refractivity contribution in [2.45, 2.75) is 20.1 Å². The number of aromatic nitrogens is 4. The van der Waals surface area contributed by atoms with Crippen LogP contribution in [-0.4, -0.2) is 27.4 Å². The molecule has 1 heterocycles. The smallest absolute Gasteiger partial charge is 0.260 e. The fourth-order valence-electron chi connectivity index (χ4n) is 2.33. The van der Waals surface area contributed by atoms with Gasteiger partial charge >= 0.3 is 0 Å². The van der Waals surface area contributed by atoms with Gasteiger partial charge < -0.3 is 20.6 Å². The molecule has 8 nitrogen and oxygen atoms in total. The van der Waals surface area contributed by atoms with Crippen LogP contribution in [0, 0.1) is 6.92 Å². The predicted octanol–water partition coefficient (Wildman–Crippen LogP) is 1.90. The number of aryl methyl sites for hydroxylation is 1. The molecule has 0 fully saturated rings. The van der Waals surface area contributed by atoms with Gasteiger partial charge in [0.25, 0.3) is 5.95 Å². The van der Waals surface area contributed by atoms with Crippen molar-refractivity contribution in [3.05, 3.63) is 59.2 Å². The first-order chi connectivity index (χ1) is 12.2. The van der Waals surface area contributed by atoms with Crippen LogP contribution in [-0.2, 0) is 13.2 Å². The highest BCUT2D eigenvalue weighted by Crippen LogP contribution is 2.32. The Morgan fingerprint density at radius 2 is 1.96 bits per heavy atom. The second-order valence-corrected chi connectivity index (χ2v) is 5.51. The van der Waals surface area contributed by atoms with Gasteiger partial charge in [-0.1, -0.05) is 47.1 Å². The summed E-state index contributed by atoms with van der Waals surface area (Å²) >= 11 is 0. The van der Waals surface area contributed by atoms with Gasteiger partial charge in [0.1, 0.15) is 6.61 Å². The third kappa shape index (κ3) is 3.97. The molecule has 0 aliphatic carbocycles. The number of hydrogen-bond donors (Lipinski definition) is 2. The number of methoxy groups -OCH3 is 1. The van der Waals surface area contributed by atoms with Crippen molar-refractivity contribution in [3.63, 3.8) is 0 Å². The Hall–Kier alpha value is -3.29. The number of ether oxygens (including phenoxy) is 2. The van der Waals surface area contributed by atoms with E-state index >= 15 is 0 Å². The van der Waals surface area contributed by atoms with Crippen LogP contribution in [0.5, 0.6) is 11.5 Å². The number of nitrogen functional groups attached to an aromatic ring is 1. The van der Waals surface area contributed by atoms with Crippen LogP contribution in [0.2, 0.25) is 0 Å². The van der Waals surface area contributed by atoms with Crippen molar-refractivity contribution in [3.8, 4) is 11.5 Å². The summed E-state index contributed by atoms with van der Waals surface area (Å²) in [4.78, 5) is 1.31. The molecular formula is C17H20N6O2. The summed E-state index contributed by atoms with van der Waals surface area (Å²) in [6.45, 7) is 2.93. The van der Waals surface area contributed by atoms with Gasteiger partial charge in [0.2, 0.25) is 0 Å². The van der Waals surface area contributed by atoms with Crippen LogP contribution in [0.25, 0.3) is 0 Å². The van der Waals surface area contributed by atoms with Crippen LogP contribution in [0.4, 0.5) is 5.95 Å². The Balaban J connectivity index is 1.76. The number of tetrazole rings is 1. The highest BCUT2D eigenvalue weighted by molar-refractivity contribution is 5.47. The molecule has 8 heteroatoms. The van der Waals surface area contributed by atoms with Gasteiger partial charge in [-0.15, -0.1) is 4.79 Å². The number of nitrogens with zero attached hydrogens (tertiary/aromatic N) is 4. The summed E-state index contributed by atoms with van der Waals surface area (Å²) in [5, 5.41) is 10.9. The Kier molecular flexibility index (Phi) is 4.98. The highest BCUT2D eigenvalue weighted by Gasteiger charge is 2.12. The molecule has 3 aromatic rings. The number of rotatable bonds is 7. The lowest BCUT2D eigenvalue weighted by atomic mass is 10.1. The molecule has 3 rings (SSSR count). The van der Waals surface area contributed by atoms with Gasteiger partial charge in [-0.2, -0.15) is 0 Å². The van der Waals surface area contributed by atoms with Gasteiger partial charge in [0.05, 0.1) is 13.7 Å². The molecule has 0 radical (unpaired) electrons. The molecule has 0 bridgehead atoms. The van der Waals surface area contributed by atoms with E-state index in [-0.39, 0.29) is 5.95 Å². The first-order valence-corrected chi connectivity index (χ1v) is 7.79. The molecule has 0 aliphatic heterocycles. The molecule has 0 atom stereocenters. The average molecular weight is 340 g/mol. The third-order valence-corrected chi connectivity index (χ3v) is 3.70. The topological polar surface area (TPSA) is 100 Å². The second-order valence-electron chi connectivity index (χ2n) is 5.51. The molecule has 0 saturated carbocycles. The van der Waals surface area contributed by atoms with E-state index in [1.54, 1.807) is 7.11 Å². The SMILES string of the molecule is COc1cccc(CNn2nnnc2N)c1OCc1ccc(C)cc1.